The minimum Gasteiger partial charge on any atom is -0.392 e. The summed E-state index contributed by atoms with van der Waals surface area (Å²) in [5, 5.41) is 10.5. The van der Waals surface area contributed by atoms with Gasteiger partial charge in [0.2, 0.25) is 0 Å². The van der Waals surface area contributed by atoms with Crippen LogP contribution >= 0.6 is 11.8 Å². The summed E-state index contributed by atoms with van der Waals surface area (Å²) in [7, 11) is 0. The second-order valence-corrected chi connectivity index (χ2v) is 9.23. The Balaban J connectivity index is 1.92. The van der Waals surface area contributed by atoms with E-state index in [1.807, 2.05) is 0 Å². The Bertz CT molecular complexity index is 290. The van der Waals surface area contributed by atoms with Crippen molar-refractivity contribution < 1.29 is 5.11 Å². The van der Waals surface area contributed by atoms with Gasteiger partial charge in [-0.15, -0.1) is 0 Å². The Morgan fingerprint density at radius 3 is 2.67 bits per heavy atom. The Kier molecular flexibility index (Phi) is 4.35. The van der Waals surface area contributed by atoms with Gasteiger partial charge in [-0.1, -0.05) is 20.3 Å². The molecule has 0 bridgehead atoms. The van der Waals surface area contributed by atoms with E-state index in [0.717, 1.165) is 6.54 Å². The molecule has 1 saturated heterocycles. The van der Waals surface area contributed by atoms with E-state index in [9.17, 15) is 5.11 Å². The van der Waals surface area contributed by atoms with Crippen LogP contribution in [0.5, 0.6) is 0 Å². The highest BCUT2D eigenvalue weighted by atomic mass is 32.2. The summed E-state index contributed by atoms with van der Waals surface area (Å²) in [5.74, 6) is 1.71. The molecular formula is C15H29NOS. The third-order valence-corrected chi connectivity index (χ3v) is 5.94. The first-order chi connectivity index (χ1) is 8.30. The molecule has 18 heavy (non-hydrogen) atoms. The molecule has 2 fully saturated rings. The molecule has 0 amide bonds. The number of hydrogen-bond donors (Lipinski definition) is 1. The van der Waals surface area contributed by atoms with Crippen LogP contribution in [0.2, 0.25) is 0 Å². The number of aliphatic hydroxyl groups excluding tert-OH is 1. The predicted molar refractivity (Wildman–Crippen MR) is 80.1 cm³/mol. The molecule has 2 aliphatic rings. The van der Waals surface area contributed by atoms with Crippen LogP contribution in [0.3, 0.4) is 0 Å². The number of thioether (sulfide) groups is 1. The van der Waals surface area contributed by atoms with Crippen molar-refractivity contribution in [3.05, 3.63) is 0 Å². The molecule has 0 spiro atoms. The van der Waals surface area contributed by atoms with Crippen molar-refractivity contribution >= 4 is 11.8 Å². The van der Waals surface area contributed by atoms with Gasteiger partial charge >= 0.3 is 0 Å². The van der Waals surface area contributed by atoms with Gasteiger partial charge in [-0.2, -0.15) is 11.8 Å². The minimum absolute atomic E-state index is 0.114. The molecule has 2 nitrogen and oxygen atoms in total. The number of aliphatic hydroxyl groups is 1. The van der Waals surface area contributed by atoms with Crippen molar-refractivity contribution in [3.63, 3.8) is 0 Å². The Labute approximate surface area is 117 Å². The summed E-state index contributed by atoms with van der Waals surface area (Å²) in [5.41, 5.74) is 0.114. The van der Waals surface area contributed by atoms with Gasteiger partial charge in [-0.3, -0.25) is 0 Å². The van der Waals surface area contributed by atoms with Gasteiger partial charge in [0.1, 0.15) is 0 Å². The van der Waals surface area contributed by atoms with E-state index in [4.69, 9.17) is 0 Å². The van der Waals surface area contributed by atoms with Crippen molar-refractivity contribution in [2.24, 2.45) is 11.3 Å². The largest absolute Gasteiger partial charge is 0.392 e. The number of rotatable bonds is 2. The second kappa shape index (κ2) is 5.34. The highest BCUT2D eigenvalue weighted by molar-refractivity contribution is 8.00. The summed E-state index contributed by atoms with van der Waals surface area (Å²) in [6.07, 6.45) is 3.53. The zero-order valence-corrected chi connectivity index (χ0v) is 13.2. The normalized spacial score (nSPS) is 36.5. The molecule has 2 atom stereocenters. The molecule has 0 radical (unpaired) electrons. The standard InChI is InChI=1S/C15H29NOS/c1-14(2)7-5-6-12(13(14)17)10-16-8-9-18-15(3,4)11-16/h12-13,17H,5-11H2,1-4H3. The summed E-state index contributed by atoms with van der Waals surface area (Å²) >= 11 is 2.08. The lowest BCUT2D eigenvalue weighted by Gasteiger charge is -2.45. The third-order valence-electron chi connectivity index (χ3n) is 4.64. The van der Waals surface area contributed by atoms with E-state index in [1.165, 1.54) is 38.1 Å². The van der Waals surface area contributed by atoms with Gasteiger partial charge in [0.25, 0.3) is 0 Å². The molecule has 0 aromatic carbocycles. The van der Waals surface area contributed by atoms with Crippen LogP contribution in [-0.4, -0.2) is 46.2 Å². The highest BCUT2D eigenvalue weighted by Crippen LogP contribution is 2.40. The maximum atomic E-state index is 10.5. The van der Waals surface area contributed by atoms with Gasteiger partial charge in [0, 0.05) is 30.1 Å². The molecule has 0 aromatic rings. The first kappa shape index (κ1) is 14.7. The lowest BCUT2D eigenvalue weighted by molar-refractivity contribution is -0.0432. The molecule has 1 saturated carbocycles. The zero-order chi connectivity index (χ0) is 13.4. The van der Waals surface area contributed by atoms with Crippen LogP contribution in [0.15, 0.2) is 0 Å². The van der Waals surface area contributed by atoms with Crippen LogP contribution in [0, 0.1) is 11.3 Å². The smallest absolute Gasteiger partial charge is 0.0631 e. The molecule has 1 N–H and O–H groups in total. The fourth-order valence-electron chi connectivity index (χ4n) is 3.56. The number of nitrogens with zero attached hydrogens (tertiary/aromatic N) is 1. The summed E-state index contributed by atoms with van der Waals surface area (Å²) in [6, 6.07) is 0. The molecule has 2 unspecified atom stereocenters. The molecule has 1 aliphatic carbocycles. The SMILES string of the molecule is CC1(C)CN(CC2CCCC(C)(C)C2O)CCS1. The van der Waals surface area contributed by atoms with Crippen LogP contribution in [0.1, 0.15) is 47.0 Å². The molecule has 0 aromatic heterocycles. The molecule has 1 heterocycles. The lowest BCUT2D eigenvalue weighted by atomic mass is 9.69. The van der Waals surface area contributed by atoms with E-state index in [-0.39, 0.29) is 11.5 Å². The van der Waals surface area contributed by atoms with Gasteiger partial charge in [-0.05, 0) is 38.0 Å². The van der Waals surface area contributed by atoms with E-state index in [2.05, 4.69) is 44.4 Å². The van der Waals surface area contributed by atoms with E-state index < -0.39 is 0 Å². The Hall–Kier alpha value is 0.270. The van der Waals surface area contributed by atoms with Crippen LogP contribution in [-0.2, 0) is 0 Å². The third kappa shape index (κ3) is 3.43. The first-order valence-electron chi connectivity index (χ1n) is 7.35. The van der Waals surface area contributed by atoms with Crippen LogP contribution in [0.25, 0.3) is 0 Å². The summed E-state index contributed by atoms with van der Waals surface area (Å²) < 4.78 is 0.382. The lowest BCUT2D eigenvalue weighted by Crippen LogP contribution is -2.49. The number of hydrogen-bond acceptors (Lipinski definition) is 3. The summed E-state index contributed by atoms with van der Waals surface area (Å²) in [4.78, 5) is 2.58. The van der Waals surface area contributed by atoms with Crippen molar-refractivity contribution in [2.45, 2.75) is 57.8 Å². The van der Waals surface area contributed by atoms with Crippen molar-refractivity contribution in [1.29, 1.82) is 0 Å². The van der Waals surface area contributed by atoms with Gasteiger partial charge < -0.3 is 10.0 Å². The quantitative estimate of drug-likeness (QED) is 0.835. The van der Waals surface area contributed by atoms with Crippen molar-refractivity contribution in [3.8, 4) is 0 Å². The fraction of sp³-hybridized carbons (Fsp3) is 1.00. The fourth-order valence-corrected chi connectivity index (χ4v) is 4.73. The monoisotopic (exact) mass is 271 g/mol. The van der Waals surface area contributed by atoms with Gasteiger partial charge in [0.05, 0.1) is 6.10 Å². The van der Waals surface area contributed by atoms with Crippen LogP contribution < -0.4 is 0 Å². The van der Waals surface area contributed by atoms with Crippen molar-refractivity contribution in [2.75, 3.05) is 25.4 Å². The average molecular weight is 271 g/mol. The zero-order valence-electron chi connectivity index (χ0n) is 12.4. The molecular weight excluding hydrogens is 242 g/mol. The van der Waals surface area contributed by atoms with Crippen molar-refractivity contribution in [1.82, 2.24) is 4.90 Å². The highest BCUT2D eigenvalue weighted by Gasteiger charge is 2.39. The molecule has 3 heteroatoms. The minimum atomic E-state index is -0.121. The maximum Gasteiger partial charge on any atom is 0.0631 e. The molecule has 1 aliphatic heterocycles. The summed E-state index contributed by atoms with van der Waals surface area (Å²) in [6.45, 7) is 12.6. The molecule has 106 valence electrons. The topological polar surface area (TPSA) is 23.5 Å². The van der Waals surface area contributed by atoms with Crippen LogP contribution in [0.4, 0.5) is 0 Å². The van der Waals surface area contributed by atoms with Gasteiger partial charge in [0.15, 0.2) is 0 Å². The predicted octanol–water partition coefficient (Wildman–Crippen LogP) is 3.00. The second-order valence-electron chi connectivity index (χ2n) is 7.43. The maximum absolute atomic E-state index is 10.5. The Morgan fingerprint density at radius 2 is 2.00 bits per heavy atom. The van der Waals surface area contributed by atoms with Gasteiger partial charge in [-0.25, -0.2) is 0 Å². The van der Waals surface area contributed by atoms with E-state index in [1.54, 1.807) is 0 Å². The average Bonchev–Trinajstić information content (AvgIpc) is 2.23. The molecule has 2 rings (SSSR count). The van der Waals surface area contributed by atoms with E-state index in [0.29, 0.717) is 10.7 Å². The first-order valence-corrected chi connectivity index (χ1v) is 8.33. The van der Waals surface area contributed by atoms with E-state index >= 15 is 0 Å². The Morgan fingerprint density at radius 1 is 1.28 bits per heavy atom.